The molecule has 0 radical (unpaired) electrons. The first-order valence-electron chi connectivity index (χ1n) is 4.61. The van der Waals surface area contributed by atoms with Crippen molar-refractivity contribution in [1.82, 2.24) is 4.98 Å². The third-order valence-corrected chi connectivity index (χ3v) is 1.89. The third kappa shape index (κ3) is 1.83. The molecule has 0 atom stereocenters. The molecule has 0 saturated carbocycles. The number of hydrogen-bond acceptors (Lipinski definition) is 1. The van der Waals surface area contributed by atoms with Crippen molar-refractivity contribution < 1.29 is 0 Å². The van der Waals surface area contributed by atoms with Crippen molar-refractivity contribution in [3.05, 3.63) is 29.8 Å². The van der Waals surface area contributed by atoms with Crippen molar-refractivity contribution in [1.29, 1.82) is 0 Å². The van der Waals surface area contributed by atoms with Gasteiger partial charge in [-0.05, 0) is 18.6 Å². The maximum absolute atomic E-state index is 5.60. The van der Waals surface area contributed by atoms with Crippen LogP contribution in [-0.2, 0) is 0 Å². The lowest BCUT2D eigenvalue weighted by Crippen LogP contribution is -1.81. The topological polar surface area (TPSA) is 41.8 Å². The first-order chi connectivity index (χ1) is 6.27. The van der Waals surface area contributed by atoms with Gasteiger partial charge in [-0.25, -0.2) is 0 Å². The van der Waals surface area contributed by atoms with Gasteiger partial charge in [-0.2, -0.15) is 0 Å². The van der Waals surface area contributed by atoms with E-state index in [1.54, 1.807) is 0 Å². The minimum atomic E-state index is 0.731. The second kappa shape index (κ2) is 3.99. The van der Waals surface area contributed by atoms with Crippen molar-refractivity contribution in [3.63, 3.8) is 0 Å². The summed E-state index contributed by atoms with van der Waals surface area (Å²) in [6.45, 7) is 6.07. The summed E-state index contributed by atoms with van der Waals surface area (Å²) in [7, 11) is 0. The summed E-state index contributed by atoms with van der Waals surface area (Å²) in [5.74, 6) is 0.731. The molecule has 2 aromatic rings. The fourth-order valence-electron chi connectivity index (χ4n) is 1.33. The number of anilines is 1. The lowest BCUT2D eigenvalue weighted by atomic mass is 10.2. The summed E-state index contributed by atoms with van der Waals surface area (Å²) in [6.07, 6.45) is 0. The van der Waals surface area contributed by atoms with E-state index in [4.69, 9.17) is 5.73 Å². The second-order valence-corrected chi connectivity index (χ2v) is 2.76. The number of aromatic amines is 1. The van der Waals surface area contributed by atoms with Crippen LogP contribution in [0.15, 0.2) is 24.3 Å². The molecule has 0 spiro atoms. The molecule has 3 N–H and O–H groups in total. The van der Waals surface area contributed by atoms with Crippen molar-refractivity contribution in [3.8, 4) is 0 Å². The molecule has 0 amide bonds. The number of para-hydroxylation sites is 1. The standard InChI is InChI=1S/C9H10N2.C2H6/c1-6-3-2-4-7-5-8(10)11-9(6)7;1-2/h2-5,11H,10H2,1H3;1-2H3. The molecule has 13 heavy (non-hydrogen) atoms. The first kappa shape index (κ1) is 9.65. The van der Waals surface area contributed by atoms with Gasteiger partial charge in [-0.3, -0.25) is 0 Å². The van der Waals surface area contributed by atoms with Crippen molar-refractivity contribution in [2.75, 3.05) is 5.73 Å². The van der Waals surface area contributed by atoms with E-state index in [2.05, 4.69) is 24.0 Å². The van der Waals surface area contributed by atoms with Gasteiger partial charge >= 0.3 is 0 Å². The zero-order valence-corrected chi connectivity index (χ0v) is 8.39. The number of fused-ring (bicyclic) bond motifs is 1. The largest absolute Gasteiger partial charge is 0.385 e. The summed E-state index contributed by atoms with van der Waals surface area (Å²) >= 11 is 0. The average molecular weight is 176 g/mol. The van der Waals surface area contributed by atoms with Crippen LogP contribution < -0.4 is 5.73 Å². The zero-order valence-electron chi connectivity index (χ0n) is 8.39. The highest BCUT2D eigenvalue weighted by Crippen LogP contribution is 2.19. The summed E-state index contributed by atoms with van der Waals surface area (Å²) in [5.41, 5.74) is 7.98. The fraction of sp³-hybridized carbons (Fsp3) is 0.273. The summed E-state index contributed by atoms with van der Waals surface area (Å²) in [4.78, 5) is 3.10. The van der Waals surface area contributed by atoms with Crippen LogP contribution in [0.1, 0.15) is 19.4 Å². The molecule has 0 saturated heterocycles. The van der Waals surface area contributed by atoms with Crippen molar-refractivity contribution in [2.24, 2.45) is 0 Å². The first-order valence-corrected chi connectivity index (χ1v) is 4.61. The molecule has 0 aliphatic rings. The Labute approximate surface area is 78.8 Å². The molecule has 2 nitrogen and oxygen atoms in total. The van der Waals surface area contributed by atoms with Crippen molar-refractivity contribution >= 4 is 16.7 Å². The molecular formula is C11H16N2. The van der Waals surface area contributed by atoms with Gasteiger partial charge in [0.15, 0.2) is 0 Å². The Morgan fingerprint density at radius 2 is 1.92 bits per heavy atom. The van der Waals surface area contributed by atoms with Gasteiger partial charge in [-0.1, -0.05) is 32.0 Å². The van der Waals surface area contributed by atoms with Crippen LogP contribution in [0.5, 0.6) is 0 Å². The minimum Gasteiger partial charge on any atom is -0.385 e. The molecule has 70 valence electrons. The molecule has 0 unspecified atom stereocenters. The number of nitrogens with two attached hydrogens (primary N) is 1. The molecule has 2 rings (SSSR count). The Morgan fingerprint density at radius 1 is 1.23 bits per heavy atom. The van der Waals surface area contributed by atoms with E-state index in [1.165, 1.54) is 10.9 Å². The molecule has 0 fully saturated rings. The number of aryl methyl sites for hydroxylation is 1. The van der Waals surface area contributed by atoms with Crippen LogP contribution >= 0.6 is 0 Å². The summed E-state index contributed by atoms with van der Waals surface area (Å²) < 4.78 is 0. The quantitative estimate of drug-likeness (QED) is 0.636. The molecule has 0 aliphatic heterocycles. The molecular weight excluding hydrogens is 160 g/mol. The summed E-state index contributed by atoms with van der Waals surface area (Å²) in [6, 6.07) is 8.10. The van der Waals surface area contributed by atoms with Gasteiger partial charge in [0.25, 0.3) is 0 Å². The predicted molar refractivity (Wildman–Crippen MR) is 58.8 cm³/mol. The molecule has 1 aromatic heterocycles. The Bertz CT molecular complexity index is 388. The van der Waals surface area contributed by atoms with E-state index < -0.39 is 0 Å². The van der Waals surface area contributed by atoms with E-state index in [0.29, 0.717) is 0 Å². The molecule has 1 aromatic carbocycles. The lowest BCUT2D eigenvalue weighted by Gasteiger charge is -1.92. The number of benzene rings is 1. The minimum absolute atomic E-state index is 0.731. The maximum Gasteiger partial charge on any atom is 0.101 e. The monoisotopic (exact) mass is 176 g/mol. The number of aromatic nitrogens is 1. The van der Waals surface area contributed by atoms with E-state index in [-0.39, 0.29) is 0 Å². The second-order valence-electron chi connectivity index (χ2n) is 2.76. The number of nitrogens with one attached hydrogen (secondary N) is 1. The number of H-pyrrole nitrogens is 1. The van der Waals surface area contributed by atoms with Crippen LogP contribution in [0, 0.1) is 6.92 Å². The molecule has 1 heterocycles. The Hall–Kier alpha value is -1.44. The van der Waals surface area contributed by atoms with Gasteiger partial charge < -0.3 is 10.7 Å². The van der Waals surface area contributed by atoms with Crippen LogP contribution in [0.2, 0.25) is 0 Å². The number of nitrogen functional groups attached to an aromatic ring is 1. The van der Waals surface area contributed by atoms with Crippen LogP contribution in [0.4, 0.5) is 5.82 Å². The lowest BCUT2D eigenvalue weighted by molar-refractivity contribution is 1.42. The predicted octanol–water partition coefficient (Wildman–Crippen LogP) is 3.08. The normalized spacial score (nSPS) is 9.46. The van der Waals surface area contributed by atoms with Crippen LogP contribution in [-0.4, -0.2) is 4.98 Å². The average Bonchev–Trinajstić information content (AvgIpc) is 2.51. The van der Waals surface area contributed by atoms with Gasteiger partial charge in [0.05, 0.1) is 0 Å². The SMILES string of the molecule is CC.Cc1cccc2cc(N)[nH]c12. The molecule has 0 aliphatic carbocycles. The number of rotatable bonds is 0. The Kier molecular flexibility index (Phi) is 2.96. The van der Waals surface area contributed by atoms with Gasteiger partial charge in [0, 0.05) is 10.9 Å². The number of hydrogen-bond donors (Lipinski definition) is 2. The van der Waals surface area contributed by atoms with E-state index >= 15 is 0 Å². The highest BCUT2D eigenvalue weighted by atomic mass is 14.8. The fourth-order valence-corrected chi connectivity index (χ4v) is 1.33. The smallest absolute Gasteiger partial charge is 0.101 e. The van der Waals surface area contributed by atoms with Crippen LogP contribution in [0.3, 0.4) is 0 Å². The Morgan fingerprint density at radius 3 is 2.54 bits per heavy atom. The van der Waals surface area contributed by atoms with E-state index in [1.807, 2.05) is 26.0 Å². The molecule has 0 bridgehead atoms. The molecule has 2 heteroatoms. The van der Waals surface area contributed by atoms with Crippen molar-refractivity contribution in [2.45, 2.75) is 20.8 Å². The third-order valence-electron chi connectivity index (χ3n) is 1.89. The Balaban J connectivity index is 0.000000396. The maximum atomic E-state index is 5.60. The zero-order chi connectivity index (χ0) is 9.84. The van der Waals surface area contributed by atoms with Gasteiger partial charge in [-0.15, -0.1) is 0 Å². The summed E-state index contributed by atoms with van der Waals surface area (Å²) in [5, 5.41) is 1.18. The van der Waals surface area contributed by atoms with Gasteiger partial charge in [0.1, 0.15) is 5.82 Å². The van der Waals surface area contributed by atoms with E-state index in [9.17, 15) is 0 Å². The highest BCUT2D eigenvalue weighted by Gasteiger charge is 1.98. The van der Waals surface area contributed by atoms with Gasteiger partial charge in [0.2, 0.25) is 0 Å². The van der Waals surface area contributed by atoms with Crippen LogP contribution in [0.25, 0.3) is 10.9 Å². The van der Waals surface area contributed by atoms with E-state index in [0.717, 1.165) is 11.3 Å². The highest BCUT2D eigenvalue weighted by molar-refractivity contribution is 5.85.